The van der Waals surface area contributed by atoms with Gasteiger partial charge in [0.05, 0.1) is 0 Å². The van der Waals surface area contributed by atoms with Crippen molar-refractivity contribution >= 4 is 5.97 Å². The van der Waals surface area contributed by atoms with Crippen LogP contribution in [0.3, 0.4) is 0 Å². The fourth-order valence-electron chi connectivity index (χ4n) is 2.78. The first-order valence-electron chi connectivity index (χ1n) is 6.22. The lowest BCUT2D eigenvalue weighted by Gasteiger charge is -2.32. The number of carboxylic acid groups (broad SMARTS) is 1. The van der Waals surface area contributed by atoms with Gasteiger partial charge in [-0.3, -0.25) is 4.79 Å². The molecule has 3 N–H and O–H groups in total. The van der Waals surface area contributed by atoms with E-state index in [2.05, 4.69) is 0 Å². The summed E-state index contributed by atoms with van der Waals surface area (Å²) in [6.07, 6.45) is 4.49. The van der Waals surface area contributed by atoms with Crippen LogP contribution in [0.4, 0.5) is 0 Å². The lowest BCUT2D eigenvalue weighted by molar-refractivity contribution is -0.144. The predicted octanol–water partition coefficient (Wildman–Crippen LogP) is 2.52. The second-order valence-corrected chi connectivity index (χ2v) is 4.91. The fourth-order valence-corrected chi connectivity index (χ4v) is 2.78. The zero-order valence-corrected chi connectivity index (χ0v) is 9.93. The van der Waals surface area contributed by atoms with Crippen molar-refractivity contribution in [1.82, 2.24) is 0 Å². The maximum Gasteiger partial charge on any atom is 0.324 e. The van der Waals surface area contributed by atoms with Crippen molar-refractivity contribution in [3.63, 3.8) is 0 Å². The van der Waals surface area contributed by atoms with Crippen LogP contribution >= 0.6 is 0 Å². The highest BCUT2D eigenvalue weighted by molar-refractivity contribution is 5.80. The third kappa shape index (κ3) is 2.34. The van der Waals surface area contributed by atoms with E-state index in [9.17, 15) is 9.90 Å². The highest BCUT2D eigenvalue weighted by Gasteiger charge is 2.43. The molecule has 0 unspecified atom stereocenters. The Morgan fingerprint density at radius 2 is 1.94 bits per heavy atom. The summed E-state index contributed by atoms with van der Waals surface area (Å²) in [5.74, 6) is -0.933. The van der Waals surface area contributed by atoms with Gasteiger partial charge in [0.25, 0.3) is 0 Å². The number of hydrogen-bond acceptors (Lipinski definition) is 2. The Bertz CT molecular complexity index is 390. The summed E-state index contributed by atoms with van der Waals surface area (Å²) in [6, 6.07) is 9.81. The molecular formula is C14H19NO2. The zero-order valence-electron chi connectivity index (χ0n) is 9.93. The highest BCUT2D eigenvalue weighted by atomic mass is 16.4. The zero-order chi connectivity index (χ0) is 12.3. The molecule has 1 fully saturated rings. The van der Waals surface area contributed by atoms with Crippen LogP contribution in [0, 0.1) is 0 Å². The Hall–Kier alpha value is -1.35. The number of benzene rings is 1. The van der Waals surface area contributed by atoms with E-state index in [4.69, 9.17) is 5.73 Å². The first-order valence-corrected chi connectivity index (χ1v) is 6.22. The van der Waals surface area contributed by atoms with Crippen molar-refractivity contribution in [2.24, 2.45) is 5.73 Å². The molecule has 3 nitrogen and oxygen atoms in total. The number of aliphatic carboxylic acids is 1. The standard InChI is InChI=1S/C14H19NO2/c15-14(13(16)17)10-6-2-5-9-12(14)11-7-3-1-4-8-11/h1,3-4,7-8,12H,2,5-6,9-10,15H2,(H,16,17)/t12-,14+/m1/s1. The molecule has 2 rings (SSSR count). The summed E-state index contributed by atoms with van der Waals surface area (Å²) in [5.41, 5.74) is 6.13. The Balaban J connectivity index is 2.36. The van der Waals surface area contributed by atoms with Crippen LogP contribution < -0.4 is 5.73 Å². The molecule has 1 saturated carbocycles. The molecule has 17 heavy (non-hydrogen) atoms. The van der Waals surface area contributed by atoms with Gasteiger partial charge in [-0.05, 0) is 18.4 Å². The maximum absolute atomic E-state index is 11.5. The van der Waals surface area contributed by atoms with Crippen LogP contribution in [0.2, 0.25) is 0 Å². The largest absolute Gasteiger partial charge is 0.480 e. The van der Waals surface area contributed by atoms with E-state index in [-0.39, 0.29) is 5.92 Å². The number of rotatable bonds is 2. The topological polar surface area (TPSA) is 63.3 Å². The van der Waals surface area contributed by atoms with Gasteiger partial charge in [0.1, 0.15) is 5.54 Å². The molecule has 0 aromatic heterocycles. The van der Waals surface area contributed by atoms with E-state index >= 15 is 0 Å². The van der Waals surface area contributed by atoms with Gasteiger partial charge < -0.3 is 10.8 Å². The van der Waals surface area contributed by atoms with Crippen LogP contribution in [0.1, 0.15) is 43.6 Å². The van der Waals surface area contributed by atoms with Crippen molar-refractivity contribution in [1.29, 1.82) is 0 Å². The Labute approximate surface area is 102 Å². The van der Waals surface area contributed by atoms with Crippen LogP contribution in [-0.4, -0.2) is 16.6 Å². The summed E-state index contributed by atoms with van der Waals surface area (Å²) >= 11 is 0. The lowest BCUT2D eigenvalue weighted by Crippen LogP contribution is -2.52. The molecule has 0 spiro atoms. The maximum atomic E-state index is 11.5. The minimum absolute atomic E-state index is 0.0660. The van der Waals surface area contributed by atoms with Gasteiger partial charge in [-0.15, -0.1) is 0 Å². The first-order chi connectivity index (χ1) is 8.14. The summed E-state index contributed by atoms with van der Waals surface area (Å²) in [4.78, 5) is 11.5. The van der Waals surface area contributed by atoms with Crippen molar-refractivity contribution in [3.8, 4) is 0 Å². The molecule has 0 bridgehead atoms. The van der Waals surface area contributed by atoms with E-state index in [0.717, 1.165) is 31.2 Å². The molecule has 1 aliphatic rings. The molecule has 0 radical (unpaired) electrons. The average Bonchev–Trinajstić information content (AvgIpc) is 2.53. The Morgan fingerprint density at radius 1 is 1.24 bits per heavy atom. The molecule has 0 aliphatic heterocycles. The molecule has 3 heteroatoms. The van der Waals surface area contributed by atoms with Gasteiger partial charge in [0.2, 0.25) is 0 Å². The molecule has 0 heterocycles. The second kappa shape index (κ2) is 4.88. The Morgan fingerprint density at radius 3 is 2.59 bits per heavy atom. The van der Waals surface area contributed by atoms with E-state index in [1.807, 2.05) is 30.3 Å². The third-order valence-corrected chi connectivity index (χ3v) is 3.81. The summed E-state index contributed by atoms with van der Waals surface area (Å²) < 4.78 is 0. The number of carboxylic acids is 1. The average molecular weight is 233 g/mol. The molecule has 1 aromatic carbocycles. The van der Waals surface area contributed by atoms with Crippen LogP contribution in [0.5, 0.6) is 0 Å². The van der Waals surface area contributed by atoms with Gasteiger partial charge in [-0.25, -0.2) is 0 Å². The SMILES string of the molecule is N[C@@]1(C(=O)O)CCCCC[C@@H]1c1ccccc1. The summed E-state index contributed by atoms with van der Waals surface area (Å²) in [6.45, 7) is 0. The number of nitrogens with two attached hydrogens (primary N) is 1. The number of hydrogen-bond donors (Lipinski definition) is 2. The monoisotopic (exact) mass is 233 g/mol. The molecule has 2 atom stereocenters. The van der Waals surface area contributed by atoms with Crippen molar-refractivity contribution in [2.45, 2.75) is 43.6 Å². The highest BCUT2D eigenvalue weighted by Crippen LogP contribution is 2.38. The fraction of sp³-hybridized carbons (Fsp3) is 0.500. The lowest BCUT2D eigenvalue weighted by atomic mass is 9.76. The van der Waals surface area contributed by atoms with Crippen LogP contribution in [0.25, 0.3) is 0 Å². The smallest absolute Gasteiger partial charge is 0.324 e. The van der Waals surface area contributed by atoms with Gasteiger partial charge in [-0.1, -0.05) is 49.6 Å². The van der Waals surface area contributed by atoms with Crippen molar-refractivity contribution < 1.29 is 9.90 Å². The molecule has 1 aromatic rings. The van der Waals surface area contributed by atoms with E-state index in [0.29, 0.717) is 6.42 Å². The molecule has 0 amide bonds. The Kier molecular flexibility index (Phi) is 3.48. The predicted molar refractivity (Wildman–Crippen MR) is 66.8 cm³/mol. The van der Waals surface area contributed by atoms with Crippen molar-refractivity contribution in [3.05, 3.63) is 35.9 Å². The van der Waals surface area contributed by atoms with Gasteiger partial charge in [-0.2, -0.15) is 0 Å². The normalized spacial score (nSPS) is 29.6. The molecule has 92 valence electrons. The summed E-state index contributed by atoms with van der Waals surface area (Å²) in [5, 5.41) is 9.43. The van der Waals surface area contributed by atoms with Crippen LogP contribution in [0.15, 0.2) is 30.3 Å². The first kappa shape index (κ1) is 12.1. The van der Waals surface area contributed by atoms with Crippen molar-refractivity contribution in [2.75, 3.05) is 0 Å². The molecular weight excluding hydrogens is 214 g/mol. The van der Waals surface area contributed by atoms with Gasteiger partial charge in [0, 0.05) is 5.92 Å². The van der Waals surface area contributed by atoms with E-state index in [1.54, 1.807) is 0 Å². The van der Waals surface area contributed by atoms with Gasteiger partial charge in [0.15, 0.2) is 0 Å². The van der Waals surface area contributed by atoms with E-state index in [1.165, 1.54) is 0 Å². The number of carbonyl (C=O) groups is 1. The second-order valence-electron chi connectivity index (χ2n) is 4.91. The molecule has 0 saturated heterocycles. The quantitative estimate of drug-likeness (QED) is 0.771. The third-order valence-electron chi connectivity index (χ3n) is 3.81. The minimum atomic E-state index is -1.10. The van der Waals surface area contributed by atoms with Gasteiger partial charge >= 0.3 is 5.97 Å². The molecule has 1 aliphatic carbocycles. The minimum Gasteiger partial charge on any atom is -0.480 e. The van der Waals surface area contributed by atoms with Crippen LogP contribution in [-0.2, 0) is 4.79 Å². The van der Waals surface area contributed by atoms with E-state index < -0.39 is 11.5 Å². The summed E-state index contributed by atoms with van der Waals surface area (Å²) in [7, 11) is 0.